The fourth-order valence-electron chi connectivity index (χ4n) is 1.56. The first kappa shape index (κ1) is 14.1. The molecule has 0 radical (unpaired) electrons. The second-order valence-electron chi connectivity index (χ2n) is 3.61. The third-order valence-corrected chi connectivity index (χ3v) is 3.37. The number of aromatic nitrogens is 1. The van der Waals surface area contributed by atoms with Crippen LogP contribution in [0.1, 0.15) is 20.8 Å². The summed E-state index contributed by atoms with van der Waals surface area (Å²) in [5, 5.41) is 4.25. The topological polar surface area (TPSA) is 63.4 Å². The zero-order valence-corrected chi connectivity index (χ0v) is 11.6. The van der Waals surface area contributed by atoms with E-state index in [9.17, 15) is 0 Å². The molecule has 1 aromatic rings. The Morgan fingerprint density at radius 3 is 2.65 bits per heavy atom. The second kappa shape index (κ2) is 7.34. The van der Waals surface area contributed by atoms with E-state index in [1.807, 2.05) is 6.92 Å². The van der Waals surface area contributed by atoms with Crippen LogP contribution in [-0.2, 0) is 0 Å². The highest BCUT2D eigenvalue weighted by molar-refractivity contribution is 7.11. The van der Waals surface area contributed by atoms with Gasteiger partial charge in [-0.05, 0) is 31.5 Å². The number of ether oxygens (including phenoxy) is 1. The largest absolute Gasteiger partial charge is 0.487 e. The molecule has 6 heteroatoms. The standard InChI is InChI=1S/C11H22N4OS/c1-4-15(5-2)8-7-13-11-9(16-6-3)10(12)14-17-11/h13H,4-8H2,1-3H3,(H2,12,14). The molecule has 0 unspecified atom stereocenters. The van der Waals surface area contributed by atoms with Gasteiger partial charge in [0.2, 0.25) is 0 Å². The first-order valence-corrected chi connectivity index (χ1v) is 6.84. The summed E-state index contributed by atoms with van der Waals surface area (Å²) in [7, 11) is 0. The first-order valence-electron chi connectivity index (χ1n) is 6.07. The molecule has 17 heavy (non-hydrogen) atoms. The molecule has 0 aromatic carbocycles. The van der Waals surface area contributed by atoms with Crippen molar-refractivity contribution in [2.75, 3.05) is 43.8 Å². The average molecular weight is 258 g/mol. The molecule has 0 aliphatic carbocycles. The Bertz CT molecular complexity index is 325. The summed E-state index contributed by atoms with van der Waals surface area (Å²) < 4.78 is 9.56. The van der Waals surface area contributed by atoms with E-state index in [1.54, 1.807) is 0 Å². The van der Waals surface area contributed by atoms with Crippen molar-refractivity contribution in [2.45, 2.75) is 20.8 Å². The lowest BCUT2D eigenvalue weighted by Gasteiger charge is -2.18. The fraction of sp³-hybridized carbons (Fsp3) is 0.727. The predicted octanol–water partition coefficient (Wildman–Crippen LogP) is 1.88. The van der Waals surface area contributed by atoms with Gasteiger partial charge in [0, 0.05) is 13.1 Å². The lowest BCUT2D eigenvalue weighted by atomic mass is 10.4. The Kier molecular flexibility index (Phi) is 6.07. The highest BCUT2D eigenvalue weighted by atomic mass is 32.1. The van der Waals surface area contributed by atoms with Crippen LogP contribution in [0.15, 0.2) is 0 Å². The molecular formula is C11H22N4OS. The van der Waals surface area contributed by atoms with E-state index in [4.69, 9.17) is 10.5 Å². The fourth-order valence-corrected chi connectivity index (χ4v) is 2.24. The number of nitrogens with one attached hydrogen (secondary N) is 1. The Hall–Kier alpha value is -1.01. The summed E-state index contributed by atoms with van der Waals surface area (Å²) in [6.07, 6.45) is 0. The van der Waals surface area contributed by atoms with Gasteiger partial charge in [0.25, 0.3) is 0 Å². The maximum absolute atomic E-state index is 5.74. The predicted molar refractivity (Wildman–Crippen MR) is 74.0 cm³/mol. The Balaban J connectivity index is 2.46. The van der Waals surface area contributed by atoms with Crippen LogP contribution in [0, 0.1) is 0 Å². The molecule has 5 nitrogen and oxygen atoms in total. The van der Waals surface area contributed by atoms with E-state index in [1.165, 1.54) is 11.5 Å². The van der Waals surface area contributed by atoms with E-state index in [-0.39, 0.29) is 0 Å². The molecule has 0 aliphatic heterocycles. The van der Waals surface area contributed by atoms with Gasteiger partial charge in [-0.25, -0.2) is 0 Å². The summed E-state index contributed by atoms with van der Waals surface area (Å²) >= 11 is 1.35. The molecule has 98 valence electrons. The third kappa shape index (κ3) is 4.05. The van der Waals surface area contributed by atoms with Gasteiger partial charge >= 0.3 is 0 Å². The number of rotatable bonds is 8. The monoisotopic (exact) mass is 258 g/mol. The molecule has 0 spiro atoms. The number of nitrogens with zero attached hydrogens (tertiary/aromatic N) is 2. The van der Waals surface area contributed by atoms with Gasteiger partial charge in [0.1, 0.15) is 0 Å². The minimum Gasteiger partial charge on any atom is -0.487 e. The molecular weight excluding hydrogens is 236 g/mol. The summed E-state index contributed by atoms with van der Waals surface area (Å²) in [6.45, 7) is 10.9. The summed E-state index contributed by atoms with van der Waals surface area (Å²) in [6, 6.07) is 0. The summed E-state index contributed by atoms with van der Waals surface area (Å²) in [4.78, 5) is 2.36. The smallest absolute Gasteiger partial charge is 0.197 e. The number of anilines is 2. The van der Waals surface area contributed by atoms with Crippen molar-refractivity contribution in [3.05, 3.63) is 0 Å². The van der Waals surface area contributed by atoms with Gasteiger partial charge < -0.3 is 20.7 Å². The van der Waals surface area contributed by atoms with Crippen molar-refractivity contribution in [2.24, 2.45) is 0 Å². The van der Waals surface area contributed by atoms with Crippen molar-refractivity contribution in [1.29, 1.82) is 0 Å². The van der Waals surface area contributed by atoms with E-state index in [0.29, 0.717) is 18.2 Å². The van der Waals surface area contributed by atoms with Crippen LogP contribution in [0.2, 0.25) is 0 Å². The quantitative estimate of drug-likeness (QED) is 0.745. The SMILES string of the molecule is CCOc1c(N)nsc1NCCN(CC)CC. The van der Waals surface area contributed by atoms with Crippen molar-refractivity contribution in [3.63, 3.8) is 0 Å². The highest BCUT2D eigenvalue weighted by Gasteiger charge is 2.12. The normalized spacial score (nSPS) is 10.8. The van der Waals surface area contributed by atoms with E-state index < -0.39 is 0 Å². The zero-order chi connectivity index (χ0) is 12.7. The van der Waals surface area contributed by atoms with Gasteiger partial charge in [-0.15, -0.1) is 0 Å². The highest BCUT2D eigenvalue weighted by Crippen LogP contribution is 2.34. The molecule has 1 heterocycles. The lowest BCUT2D eigenvalue weighted by Crippen LogP contribution is -2.28. The van der Waals surface area contributed by atoms with Crippen molar-refractivity contribution in [3.8, 4) is 5.75 Å². The van der Waals surface area contributed by atoms with Crippen molar-refractivity contribution >= 4 is 22.4 Å². The van der Waals surface area contributed by atoms with E-state index in [0.717, 1.165) is 31.2 Å². The maximum atomic E-state index is 5.74. The summed E-state index contributed by atoms with van der Waals surface area (Å²) in [5.41, 5.74) is 5.74. The van der Waals surface area contributed by atoms with E-state index >= 15 is 0 Å². The van der Waals surface area contributed by atoms with Gasteiger partial charge in [-0.2, -0.15) is 4.37 Å². The minimum atomic E-state index is 0.474. The van der Waals surface area contributed by atoms with Crippen LogP contribution in [0.3, 0.4) is 0 Å². The molecule has 0 saturated carbocycles. The van der Waals surface area contributed by atoms with Crippen LogP contribution < -0.4 is 15.8 Å². The molecule has 3 N–H and O–H groups in total. The Morgan fingerprint density at radius 2 is 2.06 bits per heavy atom. The number of nitrogen functional groups attached to an aromatic ring is 1. The maximum Gasteiger partial charge on any atom is 0.197 e. The zero-order valence-electron chi connectivity index (χ0n) is 10.8. The van der Waals surface area contributed by atoms with Crippen LogP contribution >= 0.6 is 11.5 Å². The van der Waals surface area contributed by atoms with Crippen molar-refractivity contribution < 1.29 is 4.74 Å². The number of hydrogen-bond donors (Lipinski definition) is 2. The molecule has 0 fully saturated rings. The van der Waals surface area contributed by atoms with Crippen LogP contribution in [0.5, 0.6) is 5.75 Å². The molecule has 1 rings (SSSR count). The van der Waals surface area contributed by atoms with Crippen LogP contribution in [0.25, 0.3) is 0 Å². The Labute approximate surface area is 107 Å². The molecule has 1 aromatic heterocycles. The van der Waals surface area contributed by atoms with E-state index in [2.05, 4.69) is 28.4 Å². The average Bonchev–Trinajstić information content (AvgIpc) is 2.68. The first-order chi connectivity index (χ1) is 8.22. The number of hydrogen-bond acceptors (Lipinski definition) is 6. The van der Waals surface area contributed by atoms with Gasteiger partial charge in [-0.1, -0.05) is 13.8 Å². The van der Waals surface area contributed by atoms with Crippen LogP contribution in [0.4, 0.5) is 10.8 Å². The third-order valence-electron chi connectivity index (χ3n) is 2.57. The second-order valence-corrected chi connectivity index (χ2v) is 4.39. The molecule has 0 bridgehead atoms. The number of nitrogens with two attached hydrogens (primary N) is 1. The molecule has 0 aliphatic rings. The number of likely N-dealkylation sites (N-methyl/N-ethyl adjacent to an activating group) is 1. The molecule has 0 amide bonds. The van der Waals surface area contributed by atoms with Gasteiger partial charge in [0.15, 0.2) is 16.6 Å². The lowest BCUT2D eigenvalue weighted by molar-refractivity contribution is 0.315. The minimum absolute atomic E-state index is 0.474. The Morgan fingerprint density at radius 1 is 1.35 bits per heavy atom. The van der Waals surface area contributed by atoms with Gasteiger partial charge in [0.05, 0.1) is 6.61 Å². The van der Waals surface area contributed by atoms with Crippen LogP contribution in [-0.4, -0.2) is 42.1 Å². The molecule has 0 saturated heterocycles. The van der Waals surface area contributed by atoms with Crippen molar-refractivity contribution in [1.82, 2.24) is 9.27 Å². The molecule has 0 atom stereocenters. The van der Waals surface area contributed by atoms with Gasteiger partial charge in [-0.3, -0.25) is 0 Å². The summed E-state index contributed by atoms with van der Waals surface area (Å²) in [5.74, 6) is 1.17.